The van der Waals surface area contributed by atoms with Gasteiger partial charge in [0.1, 0.15) is 23.5 Å². The van der Waals surface area contributed by atoms with Gasteiger partial charge in [-0.1, -0.05) is 109 Å². The highest BCUT2D eigenvalue weighted by atomic mass is 14.7. The van der Waals surface area contributed by atoms with Gasteiger partial charge in [0.05, 0.1) is 22.8 Å². The van der Waals surface area contributed by atoms with Crippen molar-refractivity contribution in [3.63, 3.8) is 0 Å². The van der Waals surface area contributed by atoms with E-state index in [9.17, 15) is 10.5 Å². The first kappa shape index (κ1) is 32.6. The van der Waals surface area contributed by atoms with Gasteiger partial charge in [-0.15, -0.1) is 0 Å². The molecule has 0 unspecified atom stereocenters. The Morgan fingerprint density at radius 2 is 0.625 bits per heavy atom. The van der Waals surface area contributed by atoms with Gasteiger partial charge in [-0.05, 0) is 103 Å². The molecule has 56 heavy (non-hydrogen) atoms. The number of hydrogen-bond acceptors (Lipinski definition) is 6. The maximum atomic E-state index is 9.53. The molecule has 0 saturated carbocycles. The van der Waals surface area contributed by atoms with E-state index in [0.717, 1.165) is 99.2 Å². The van der Waals surface area contributed by atoms with Gasteiger partial charge < -0.3 is 0 Å². The first-order valence-corrected chi connectivity index (χ1v) is 18.3. The Balaban J connectivity index is 1.26. The maximum Gasteiger partial charge on any atom is 0.141 e. The van der Waals surface area contributed by atoms with Crippen LogP contribution in [-0.2, 0) is 0 Å². The van der Waals surface area contributed by atoms with Crippen molar-refractivity contribution in [2.75, 3.05) is 0 Å². The van der Waals surface area contributed by atoms with E-state index < -0.39 is 0 Å². The second-order valence-electron chi connectivity index (χ2n) is 13.6. The molecule has 0 aliphatic rings. The van der Waals surface area contributed by atoms with Crippen LogP contribution in [0.25, 0.3) is 99.2 Å². The third-order valence-electron chi connectivity index (χ3n) is 10.5. The van der Waals surface area contributed by atoms with E-state index in [-0.39, 0.29) is 0 Å². The van der Waals surface area contributed by atoms with Crippen LogP contribution in [-0.4, -0.2) is 19.9 Å². The Labute approximate surface area is 322 Å². The fraction of sp³-hybridized carbons (Fsp3) is 0. The monoisotopic (exact) mass is 712 g/mol. The molecule has 0 aliphatic carbocycles. The Hall–Kier alpha value is -8.06. The van der Waals surface area contributed by atoms with Gasteiger partial charge in [0.25, 0.3) is 0 Å². The zero-order valence-electron chi connectivity index (χ0n) is 29.8. The quantitative estimate of drug-likeness (QED) is 0.165. The minimum atomic E-state index is 0.354. The predicted molar refractivity (Wildman–Crippen MR) is 224 cm³/mol. The Morgan fingerprint density at radius 3 is 0.946 bits per heavy atom. The number of pyridine rings is 4. The van der Waals surface area contributed by atoms with Crippen LogP contribution in [0, 0.1) is 22.7 Å². The third-order valence-corrected chi connectivity index (χ3v) is 10.5. The minimum Gasteiger partial charge on any atom is -0.248 e. The number of nitrogens with zero attached hydrogens (tertiary/aromatic N) is 6. The number of hydrogen-bond donors (Lipinski definition) is 0. The van der Waals surface area contributed by atoms with Crippen LogP contribution >= 0.6 is 0 Å². The summed E-state index contributed by atoms with van der Waals surface area (Å²) in [6, 6.07) is 58.3. The van der Waals surface area contributed by atoms with Crippen molar-refractivity contribution in [2.24, 2.45) is 0 Å². The standard InChI is InChI=1S/C50H28N6/c51-29-33-27-31(23-25-53-33)43-19-9-21-45(55-43)47-35-11-1-5-15-39(35)49(40-16-6-2-12-36(40)47)50-41-17-7-3-13-37(41)48(38-14-4-8-18-42(38)50)46-22-10-20-44(56-46)32-24-26-54-34(28-32)30-52/h1-28H. The summed E-state index contributed by atoms with van der Waals surface area (Å²) in [5.41, 5.74) is 10.1. The normalized spacial score (nSPS) is 11.2. The molecular weight excluding hydrogens is 685 g/mol. The molecule has 6 nitrogen and oxygen atoms in total. The molecule has 0 radical (unpaired) electrons. The molecule has 6 heteroatoms. The van der Waals surface area contributed by atoms with Gasteiger partial charge in [-0.3, -0.25) is 0 Å². The molecule has 0 fully saturated rings. The van der Waals surface area contributed by atoms with Crippen molar-refractivity contribution in [1.82, 2.24) is 19.9 Å². The maximum absolute atomic E-state index is 9.53. The molecule has 0 amide bonds. The molecule has 0 aliphatic heterocycles. The molecule has 10 rings (SSSR count). The molecule has 258 valence electrons. The van der Waals surface area contributed by atoms with Crippen LogP contribution in [0.1, 0.15) is 11.4 Å². The van der Waals surface area contributed by atoms with Crippen LogP contribution in [0.4, 0.5) is 0 Å². The van der Waals surface area contributed by atoms with E-state index in [2.05, 4.69) is 131 Å². The van der Waals surface area contributed by atoms with E-state index in [0.29, 0.717) is 11.4 Å². The van der Waals surface area contributed by atoms with Crippen LogP contribution in [0.5, 0.6) is 0 Å². The van der Waals surface area contributed by atoms with Crippen molar-refractivity contribution < 1.29 is 0 Å². The Bertz CT molecular complexity index is 2960. The summed E-state index contributed by atoms with van der Waals surface area (Å²) in [6.45, 7) is 0. The number of rotatable bonds is 5. The lowest BCUT2D eigenvalue weighted by Crippen LogP contribution is -1.96. The fourth-order valence-corrected chi connectivity index (χ4v) is 8.12. The highest BCUT2D eigenvalue weighted by Gasteiger charge is 2.23. The zero-order chi connectivity index (χ0) is 37.6. The van der Waals surface area contributed by atoms with Gasteiger partial charge in [0.2, 0.25) is 0 Å². The summed E-state index contributed by atoms with van der Waals surface area (Å²) in [5, 5.41) is 27.9. The van der Waals surface area contributed by atoms with Crippen LogP contribution < -0.4 is 0 Å². The predicted octanol–water partition coefficient (Wildman–Crippen LogP) is 12.0. The molecule has 4 heterocycles. The van der Waals surface area contributed by atoms with Gasteiger partial charge in [0.15, 0.2) is 0 Å². The smallest absolute Gasteiger partial charge is 0.141 e. The van der Waals surface area contributed by atoms with Crippen molar-refractivity contribution in [1.29, 1.82) is 10.5 Å². The molecule has 6 aromatic carbocycles. The van der Waals surface area contributed by atoms with Crippen molar-refractivity contribution >= 4 is 43.1 Å². The molecule has 0 N–H and O–H groups in total. The summed E-state index contributed by atoms with van der Waals surface area (Å²) in [4.78, 5) is 18.8. The molecule has 0 spiro atoms. The molecular formula is C50H28N6. The second-order valence-corrected chi connectivity index (χ2v) is 13.6. The summed E-state index contributed by atoms with van der Waals surface area (Å²) >= 11 is 0. The van der Waals surface area contributed by atoms with Gasteiger partial charge >= 0.3 is 0 Å². The largest absolute Gasteiger partial charge is 0.248 e. The van der Waals surface area contributed by atoms with Gasteiger partial charge in [-0.25, -0.2) is 19.9 Å². The lowest BCUT2D eigenvalue weighted by molar-refractivity contribution is 1.25. The summed E-state index contributed by atoms with van der Waals surface area (Å²) < 4.78 is 0. The number of fused-ring (bicyclic) bond motifs is 4. The Morgan fingerprint density at radius 1 is 0.321 bits per heavy atom. The summed E-state index contributed by atoms with van der Waals surface area (Å²) in [6.07, 6.45) is 3.31. The molecule has 10 aromatic rings. The highest BCUT2D eigenvalue weighted by Crippen LogP contribution is 2.49. The SMILES string of the molecule is N#Cc1cc(-c2cccc(-c3c4ccccc4c(-c4c5ccccc5c(-c5cccc(-c6ccnc(C#N)c6)n5)c5ccccc45)c4ccccc34)n2)ccn1. The Kier molecular flexibility index (Phi) is 7.80. The molecule has 0 atom stereocenters. The van der Waals surface area contributed by atoms with Crippen LogP contribution in [0.15, 0.2) is 170 Å². The van der Waals surface area contributed by atoms with Gasteiger partial charge in [-0.2, -0.15) is 10.5 Å². The number of benzene rings is 6. The topological polar surface area (TPSA) is 99.1 Å². The highest BCUT2D eigenvalue weighted by molar-refractivity contribution is 6.29. The zero-order valence-corrected chi connectivity index (χ0v) is 29.8. The lowest BCUT2D eigenvalue weighted by Gasteiger charge is -2.22. The van der Waals surface area contributed by atoms with Crippen molar-refractivity contribution in [2.45, 2.75) is 0 Å². The number of aromatic nitrogens is 4. The molecule has 0 bridgehead atoms. The van der Waals surface area contributed by atoms with Crippen molar-refractivity contribution in [3.8, 4) is 68.3 Å². The van der Waals surface area contributed by atoms with Crippen LogP contribution in [0.2, 0.25) is 0 Å². The average Bonchev–Trinajstić information content (AvgIpc) is 3.27. The molecule has 0 saturated heterocycles. The lowest BCUT2D eigenvalue weighted by atomic mass is 9.82. The van der Waals surface area contributed by atoms with E-state index in [4.69, 9.17) is 9.97 Å². The average molecular weight is 713 g/mol. The van der Waals surface area contributed by atoms with Gasteiger partial charge in [0, 0.05) is 34.6 Å². The third kappa shape index (κ3) is 5.33. The summed E-state index contributed by atoms with van der Waals surface area (Å²) in [5.74, 6) is 0. The minimum absolute atomic E-state index is 0.354. The number of nitriles is 2. The second kappa shape index (κ2) is 13.4. The van der Waals surface area contributed by atoms with E-state index >= 15 is 0 Å². The van der Waals surface area contributed by atoms with E-state index in [1.807, 2.05) is 36.4 Å². The van der Waals surface area contributed by atoms with E-state index in [1.165, 1.54) is 0 Å². The first-order valence-electron chi connectivity index (χ1n) is 18.3. The van der Waals surface area contributed by atoms with E-state index in [1.54, 1.807) is 24.5 Å². The summed E-state index contributed by atoms with van der Waals surface area (Å²) in [7, 11) is 0. The fourth-order valence-electron chi connectivity index (χ4n) is 8.12. The van der Waals surface area contributed by atoms with Crippen LogP contribution in [0.3, 0.4) is 0 Å². The first-order chi connectivity index (χ1) is 27.7. The van der Waals surface area contributed by atoms with Crippen molar-refractivity contribution in [3.05, 3.63) is 182 Å². The molecule has 4 aromatic heterocycles.